The van der Waals surface area contributed by atoms with Gasteiger partial charge in [-0.3, -0.25) is 29.5 Å². The van der Waals surface area contributed by atoms with E-state index in [1.165, 1.54) is 0 Å². The summed E-state index contributed by atoms with van der Waals surface area (Å²) in [5.74, 6) is -0.933. The Balaban J connectivity index is 2.35. The molecule has 3 amide bonds. The first-order valence-corrected chi connectivity index (χ1v) is 5.57. The van der Waals surface area contributed by atoms with E-state index < -0.39 is 0 Å². The Kier molecular flexibility index (Phi) is 5.05. The molecule has 1 aliphatic heterocycles. The van der Waals surface area contributed by atoms with Crippen LogP contribution in [0.1, 0.15) is 6.92 Å². The minimum atomic E-state index is -0.376. The Labute approximate surface area is 99.9 Å². The van der Waals surface area contributed by atoms with Gasteiger partial charge in [0.15, 0.2) is 0 Å². The van der Waals surface area contributed by atoms with Gasteiger partial charge >= 0.3 is 0 Å². The molecule has 1 heterocycles. The summed E-state index contributed by atoms with van der Waals surface area (Å²) in [6, 6.07) is 0. The third-order valence-electron chi connectivity index (χ3n) is 2.57. The van der Waals surface area contributed by atoms with E-state index in [4.69, 9.17) is 5.73 Å². The highest BCUT2D eigenvalue weighted by molar-refractivity contribution is 5.99. The molecule has 0 bridgehead atoms. The molecule has 17 heavy (non-hydrogen) atoms. The van der Waals surface area contributed by atoms with Gasteiger partial charge in [-0.2, -0.15) is 0 Å². The lowest BCUT2D eigenvalue weighted by molar-refractivity contribution is -0.136. The second-order valence-electron chi connectivity index (χ2n) is 4.02. The lowest BCUT2D eigenvalue weighted by Gasteiger charge is -2.27. The highest BCUT2D eigenvalue weighted by atomic mass is 16.2. The number of nitrogens with one attached hydrogen (secondary N) is 1. The normalized spacial score (nSPS) is 17.3. The topological polar surface area (TPSA) is 95.7 Å². The Morgan fingerprint density at radius 1 is 1.41 bits per heavy atom. The second-order valence-corrected chi connectivity index (χ2v) is 4.02. The van der Waals surface area contributed by atoms with Crippen LogP contribution in [0.25, 0.3) is 0 Å². The van der Waals surface area contributed by atoms with Crippen molar-refractivity contribution in [1.82, 2.24) is 15.1 Å². The standard InChI is InChI=1S/C10H18N4O3/c1-2-13(5-8(11)15)3-4-14-6-9(16)12-10(17)7-14/h2-7H2,1H3,(H2,11,15)(H,12,16,17). The number of nitrogens with two attached hydrogens (primary N) is 1. The van der Waals surface area contributed by atoms with Gasteiger partial charge in [0.25, 0.3) is 0 Å². The molecule has 1 saturated heterocycles. The Morgan fingerprint density at radius 3 is 2.47 bits per heavy atom. The Morgan fingerprint density at radius 2 is 2.00 bits per heavy atom. The number of hydrogen-bond acceptors (Lipinski definition) is 5. The van der Waals surface area contributed by atoms with Crippen LogP contribution in [0.5, 0.6) is 0 Å². The summed E-state index contributed by atoms with van der Waals surface area (Å²) in [6.07, 6.45) is 0. The lowest BCUT2D eigenvalue weighted by atomic mass is 10.3. The van der Waals surface area contributed by atoms with Crippen molar-refractivity contribution in [1.29, 1.82) is 0 Å². The molecule has 0 aromatic carbocycles. The minimum Gasteiger partial charge on any atom is -0.369 e. The Hall–Kier alpha value is -1.47. The quantitative estimate of drug-likeness (QED) is 0.513. The van der Waals surface area contributed by atoms with Crippen molar-refractivity contribution in [2.75, 3.05) is 39.3 Å². The summed E-state index contributed by atoms with van der Waals surface area (Å²) in [7, 11) is 0. The van der Waals surface area contributed by atoms with Gasteiger partial charge in [-0.25, -0.2) is 0 Å². The largest absolute Gasteiger partial charge is 0.369 e. The molecule has 0 aliphatic carbocycles. The van der Waals surface area contributed by atoms with E-state index in [-0.39, 0.29) is 37.4 Å². The van der Waals surface area contributed by atoms with Crippen molar-refractivity contribution in [3.8, 4) is 0 Å². The molecule has 0 unspecified atom stereocenters. The predicted octanol–water partition coefficient (Wildman–Crippen LogP) is -2.25. The molecule has 0 saturated carbocycles. The van der Waals surface area contributed by atoms with Gasteiger partial charge in [-0.05, 0) is 6.54 Å². The Bertz CT molecular complexity index is 303. The highest BCUT2D eigenvalue weighted by Crippen LogP contribution is 1.96. The lowest BCUT2D eigenvalue weighted by Crippen LogP contribution is -2.53. The van der Waals surface area contributed by atoms with Gasteiger partial charge in [0, 0.05) is 13.1 Å². The van der Waals surface area contributed by atoms with Crippen molar-refractivity contribution in [2.24, 2.45) is 5.73 Å². The molecule has 0 aromatic rings. The fourth-order valence-electron chi connectivity index (χ4n) is 1.71. The van der Waals surface area contributed by atoms with E-state index in [1.807, 2.05) is 11.8 Å². The summed E-state index contributed by atoms with van der Waals surface area (Å²) >= 11 is 0. The minimum absolute atomic E-state index is 0.199. The number of rotatable bonds is 6. The number of hydrogen-bond donors (Lipinski definition) is 2. The summed E-state index contributed by atoms with van der Waals surface area (Å²) in [5, 5.41) is 2.24. The second kappa shape index (κ2) is 6.31. The van der Waals surface area contributed by atoms with Gasteiger partial charge in [0.2, 0.25) is 17.7 Å². The average molecular weight is 242 g/mol. The average Bonchev–Trinajstić information content (AvgIpc) is 2.22. The fraction of sp³-hybridized carbons (Fsp3) is 0.700. The maximum Gasteiger partial charge on any atom is 0.240 e. The van der Waals surface area contributed by atoms with E-state index in [0.29, 0.717) is 19.6 Å². The molecule has 96 valence electrons. The zero-order chi connectivity index (χ0) is 12.8. The maximum absolute atomic E-state index is 11.1. The molecule has 0 atom stereocenters. The first kappa shape index (κ1) is 13.6. The van der Waals surface area contributed by atoms with Crippen molar-refractivity contribution >= 4 is 17.7 Å². The van der Waals surface area contributed by atoms with Gasteiger partial charge < -0.3 is 5.73 Å². The predicted molar refractivity (Wildman–Crippen MR) is 60.9 cm³/mol. The van der Waals surface area contributed by atoms with E-state index in [0.717, 1.165) is 0 Å². The number of amides is 3. The van der Waals surface area contributed by atoms with Crippen molar-refractivity contribution in [3.63, 3.8) is 0 Å². The van der Waals surface area contributed by atoms with Crippen LogP contribution in [0.2, 0.25) is 0 Å². The molecule has 7 nitrogen and oxygen atoms in total. The van der Waals surface area contributed by atoms with Crippen molar-refractivity contribution in [2.45, 2.75) is 6.92 Å². The van der Waals surface area contributed by atoms with E-state index in [1.54, 1.807) is 4.90 Å². The number of carbonyl (C=O) groups is 3. The van der Waals surface area contributed by atoms with Crippen LogP contribution in [0, 0.1) is 0 Å². The molecular formula is C10H18N4O3. The molecule has 1 fully saturated rings. The van der Waals surface area contributed by atoms with Crippen LogP contribution in [0.15, 0.2) is 0 Å². The number of carbonyl (C=O) groups excluding carboxylic acids is 3. The summed E-state index contributed by atoms with van der Waals surface area (Å²) in [5.41, 5.74) is 5.11. The molecule has 0 radical (unpaired) electrons. The number of primary amides is 1. The van der Waals surface area contributed by atoms with E-state index in [2.05, 4.69) is 5.32 Å². The van der Waals surface area contributed by atoms with Crippen LogP contribution in [-0.4, -0.2) is 66.8 Å². The molecular weight excluding hydrogens is 224 g/mol. The fourth-order valence-corrected chi connectivity index (χ4v) is 1.71. The van der Waals surface area contributed by atoms with Crippen LogP contribution in [0.3, 0.4) is 0 Å². The van der Waals surface area contributed by atoms with Crippen LogP contribution in [0.4, 0.5) is 0 Å². The molecule has 1 aliphatic rings. The van der Waals surface area contributed by atoms with Crippen LogP contribution in [-0.2, 0) is 14.4 Å². The zero-order valence-electron chi connectivity index (χ0n) is 9.94. The third-order valence-corrected chi connectivity index (χ3v) is 2.57. The number of nitrogens with zero attached hydrogens (tertiary/aromatic N) is 2. The summed E-state index contributed by atoms with van der Waals surface area (Å²) in [6.45, 7) is 4.46. The molecule has 3 N–H and O–H groups in total. The molecule has 0 aromatic heterocycles. The number of likely N-dealkylation sites (N-methyl/N-ethyl adjacent to an activating group) is 1. The van der Waals surface area contributed by atoms with E-state index in [9.17, 15) is 14.4 Å². The first-order valence-electron chi connectivity index (χ1n) is 5.57. The monoisotopic (exact) mass is 242 g/mol. The first-order chi connectivity index (χ1) is 8.01. The smallest absolute Gasteiger partial charge is 0.240 e. The van der Waals surface area contributed by atoms with Crippen molar-refractivity contribution in [3.05, 3.63) is 0 Å². The zero-order valence-corrected chi connectivity index (χ0v) is 9.94. The van der Waals surface area contributed by atoms with Crippen LogP contribution >= 0.6 is 0 Å². The highest BCUT2D eigenvalue weighted by Gasteiger charge is 2.22. The van der Waals surface area contributed by atoms with Crippen LogP contribution < -0.4 is 11.1 Å². The SMILES string of the molecule is CCN(CCN1CC(=O)NC(=O)C1)CC(N)=O. The van der Waals surface area contributed by atoms with Gasteiger partial charge in [0.1, 0.15) is 0 Å². The molecule has 7 heteroatoms. The molecule has 1 rings (SSSR count). The number of piperazine rings is 1. The number of imide groups is 1. The van der Waals surface area contributed by atoms with Gasteiger partial charge in [-0.15, -0.1) is 0 Å². The maximum atomic E-state index is 11.1. The molecule has 0 spiro atoms. The summed E-state index contributed by atoms with van der Waals surface area (Å²) < 4.78 is 0. The van der Waals surface area contributed by atoms with Crippen molar-refractivity contribution < 1.29 is 14.4 Å². The van der Waals surface area contributed by atoms with E-state index >= 15 is 0 Å². The summed E-state index contributed by atoms with van der Waals surface area (Å²) in [4.78, 5) is 36.6. The van der Waals surface area contributed by atoms with Gasteiger partial charge in [0.05, 0.1) is 19.6 Å². The third kappa shape index (κ3) is 4.92. The van der Waals surface area contributed by atoms with Gasteiger partial charge in [-0.1, -0.05) is 6.92 Å².